The standard InChI is InChI=1S/C47H88N2O2/c1-6-9-12-15-17-19-21-23-25-27-29-31-33-35-37-41-46(51-47(50)49(44-39-14-11-8-3)45-40-43-48(4)5)42-38-36-34-32-30-28-26-24-22-20-18-16-13-10-7-2/h15,17-18,20-21,23-24,26,46H,6-14,16,19,22,25,27-45H2,1-5H3/b17-15+,20-18+,23-21+,26-24+. The summed E-state index contributed by atoms with van der Waals surface area (Å²) in [5.41, 5.74) is 0. The molecule has 0 radical (unpaired) electrons. The molecule has 0 aromatic rings. The summed E-state index contributed by atoms with van der Waals surface area (Å²) in [6, 6.07) is 0. The Kier molecular flexibility index (Phi) is 39.5. The van der Waals surface area contributed by atoms with Crippen molar-refractivity contribution in [3.05, 3.63) is 48.6 Å². The highest BCUT2D eigenvalue weighted by Gasteiger charge is 2.20. The second-order valence-corrected chi connectivity index (χ2v) is 15.2. The van der Waals surface area contributed by atoms with Gasteiger partial charge in [-0.05, 0) is 117 Å². The van der Waals surface area contributed by atoms with Crippen LogP contribution in [0.4, 0.5) is 4.79 Å². The van der Waals surface area contributed by atoms with E-state index in [1.807, 2.05) is 4.90 Å². The van der Waals surface area contributed by atoms with Crippen molar-refractivity contribution >= 4 is 6.09 Å². The fraction of sp³-hybridized carbons (Fsp3) is 0.809. The fourth-order valence-corrected chi connectivity index (χ4v) is 6.43. The summed E-state index contributed by atoms with van der Waals surface area (Å²) in [5, 5.41) is 0. The third kappa shape index (κ3) is 37.7. The minimum Gasteiger partial charge on any atom is -0.446 e. The number of hydrogen-bond donors (Lipinski definition) is 0. The molecule has 0 fully saturated rings. The highest BCUT2D eigenvalue weighted by Crippen LogP contribution is 2.19. The van der Waals surface area contributed by atoms with Crippen molar-refractivity contribution in [2.75, 3.05) is 33.7 Å². The topological polar surface area (TPSA) is 32.8 Å². The highest BCUT2D eigenvalue weighted by atomic mass is 16.6. The van der Waals surface area contributed by atoms with Crippen LogP contribution in [-0.2, 0) is 4.74 Å². The first kappa shape index (κ1) is 49.2. The lowest BCUT2D eigenvalue weighted by atomic mass is 10.0. The van der Waals surface area contributed by atoms with Crippen molar-refractivity contribution in [3.8, 4) is 0 Å². The summed E-state index contributed by atoms with van der Waals surface area (Å²) in [5.74, 6) is 0. The Morgan fingerprint density at radius 1 is 0.451 bits per heavy atom. The molecule has 51 heavy (non-hydrogen) atoms. The van der Waals surface area contributed by atoms with Crippen molar-refractivity contribution < 1.29 is 9.53 Å². The van der Waals surface area contributed by atoms with E-state index in [0.717, 1.165) is 64.6 Å². The molecule has 0 rings (SSSR count). The monoisotopic (exact) mass is 713 g/mol. The van der Waals surface area contributed by atoms with Crippen LogP contribution in [-0.4, -0.2) is 55.7 Å². The molecule has 0 heterocycles. The Bertz CT molecular complexity index is 830. The normalized spacial score (nSPS) is 12.8. The Hall–Kier alpha value is -1.81. The molecule has 0 aromatic heterocycles. The number of carbonyl (C=O) groups excluding carboxylic acids is 1. The number of rotatable bonds is 38. The molecule has 4 heteroatoms. The average Bonchev–Trinajstić information content (AvgIpc) is 3.12. The second kappa shape index (κ2) is 41.0. The number of carbonyl (C=O) groups is 1. The molecule has 0 saturated carbocycles. The summed E-state index contributed by atoms with van der Waals surface area (Å²) in [6.45, 7) is 9.38. The zero-order valence-electron chi connectivity index (χ0n) is 35.0. The average molecular weight is 713 g/mol. The van der Waals surface area contributed by atoms with Gasteiger partial charge in [-0.1, -0.05) is 159 Å². The van der Waals surface area contributed by atoms with Gasteiger partial charge in [0.05, 0.1) is 0 Å². The molecule has 1 atom stereocenters. The van der Waals surface area contributed by atoms with Crippen molar-refractivity contribution in [2.45, 2.75) is 213 Å². The van der Waals surface area contributed by atoms with Gasteiger partial charge < -0.3 is 14.5 Å². The van der Waals surface area contributed by atoms with E-state index in [1.165, 1.54) is 141 Å². The number of unbranched alkanes of at least 4 members (excludes halogenated alkanes) is 19. The number of hydrogen-bond acceptors (Lipinski definition) is 3. The molecule has 1 unspecified atom stereocenters. The van der Waals surface area contributed by atoms with Crippen LogP contribution in [0.1, 0.15) is 207 Å². The van der Waals surface area contributed by atoms with Crippen LogP contribution in [0.25, 0.3) is 0 Å². The number of ether oxygens (including phenoxy) is 1. The minimum atomic E-state index is -0.0673. The van der Waals surface area contributed by atoms with Gasteiger partial charge in [0.15, 0.2) is 0 Å². The maximum Gasteiger partial charge on any atom is 0.410 e. The van der Waals surface area contributed by atoms with Crippen molar-refractivity contribution in [1.29, 1.82) is 0 Å². The molecule has 298 valence electrons. The Balaban J connectivity index is 4.60. The third-order valence-electron chi connectivity index (χ3n) is 9.79. The molecule has 1 amide bonds. The van der Waals surface area contributed by atoms with Crippen molar-refractivity contribution in [1.82, 2.24) is 9.80 Å². The van der Waals surface area contributed by atoms with E-state index in [1.54, 1.807) is 0 Å². The van der Waals surface area contributed by atoms with E-state index in [0.29, 0.717) is 0 Å². The second-order valence-electron chi connectivity index (χ2n) is 15.2. The van der Waals surface area contributed by atoms with Crippen LogP contribution in [0.5, 0.6) is 0 Å². The summed E-state index contributed by atoms with van der Waals surface area (Å²) in [6.07, 6.45) is 53.9. The molecule has 0 spiro atoms. The largest absolute Gasteiger partial charge is 0.446 e. The van der Waals surface area contributed by atoms with E-state index in [-0.39, 0.29) is 12.2 Å². The molecule has 0 aliphatic rings. The number of allylic oxidation sites excluding steroid dienone is 8. The minimum absolute atomic E-state index is 0.0589. The summed E-state index contributed by atoms with van der Waals surface area (Å²) in [7, 11) is 4.22. The molecule has 0 aromatic carbocycles. The van der Waals surface area contributed by atoms with Gasteiger partial charge in [-0.25, -0.2) is 4.79 Å². The molecule has 0 bridgehead atoms. The van der Waals surface area contributed by atoms with Gasteiger partial charge in [-0.15, -0.1) is 0 Å². The quantitative estimate of drug-likeness (QED) is 0.0472. The van der Waals surface area contributed by atoms with E-state index >= 15 is 0 Å². The first-order valence-electron chi connectivity index (χ1n) is 22.2. The van der Waals surface area contributed by atoms with Gasteiger partial charge in [0.25, 0.3) is 0 Å². The SMILES string of the molecule is CCCC/C=C/C/C=C/CCCCCCCCC(CCCCCCC/C=C/C/C=C/CCCCC)OC(=O)N(CCCCCC)CCCN(C)C. The van der Waals surface area contributed by atoms with Crippen LogP contribution in [0.3, 0.4) is 0 Å². The molecule has 0 aliphatic carbocycles. The molecule has 0 saturated heterocycles. The lowest BCUT2D eigenvalue weighted by molar-refractivity contribution is 0.0513. The first-order valence-corrected chi connectivity index (χ1v) is 22.2. The Morgan fingerprint density at radius 2 is 0.843 bits per heavy atom. The van der Waals surface area contributed by atoms with E-state index in [2.05, 4.69) is 88.4 Å². The molecule has 4 nitrogen and oxygen atoms in total. The van der Waals surface area contributed by atoms with Crippen LogP contribution < -0.4 is 0 Å². The van der Waals surface area contributed by atoms with Gasteiger partial charge >= 0.3 is 6.09 Å². The fourth-order valence-electron chi connectivity index (χ4n) is 6.43. The highest BCUT2D eigenvalue weighted by molar-refractivity contribution is 5.67. The van der Waals surface area contributed by atoms with Gasteiger partial charge in [-0.3, -0.25) is 0 Å². The predicted octanol–water partition coefficient (Wildman–Crippen LogP) is 15.0. The predicted molar refractivity (Wildman–Crippen MR) is 228 cm³/mol. The lowest BCUT2D eigenvalue weighted by Gasteiger charge is -2.26. The van der Waals surface area contributed by atoms with Crippen molar-refractivity contribution in [3.63, 3.8) is 0 Å². The van der Waals surface area contributed by atoms with Gasteiger partial charge in [-0.2, -0.15) is 0 Å². The van der Waals surface area contributed by atoms with Crippen LogP contribution >= 0.6 is 0 Å². The maximum absolute atomic E-state index is 13.5. The molecular formula is C47H88N2O2. The van der Waals surface area contributed by atoms with Crippen molar-refractivity contribution in [2.24, 2.45) is 0 Å². The number of amides is 1. The first-order chi connectivity index (χ1) is 25.0. The van der Waals surface area contributed by atoms with E-state index in [9.17, 15) is 4.79 Å². The zero-order chi connectivity index (χ0) is 37.3. The lowest BCUT2D eigenvalue weighted by Crippen LogP contribution is -2.37. The smallest absolute Gasteiger partial charge is 0.410 e. The number of nitrogens with zero attached hydrogens (tertiary/aromatic N) is 2. The third-order valence-corrected chi connectivity index (χ3v) is 9.79. The molecular weight excluding hydrogens is 625 g/mol. The Labute approximate surface area is 320 Å². The van der Waals surface area contributed by atoms with Gasteiger partial charge in [0.1, 0.15) is 6.10 Å². The van der Waals surface area contributed by atoms with Crippen LogP contribution in [0, 0.1) is 0 Å². The van der Waals surface area contributed by atoms with Crippen LogP contribution in [0.2, 0.25) is 0 Å². The Morgan fingerprint density at radius 3 is 1.33 bits per heavy atom. The summed E-state index contributed by atoms with van der Waals surface area (Å²) >= 11 is 0. The van der Waals surface area contributed by atoms with Crippen LogP contribution in [0.15, 0.2) is 48.6 Å². The molecule has 0 N–H and O–H groups in total. The maximum atomic E-state index is 13.5. The molecule has 0 aliphatic heterocycles. The van der Waals surface area contributed by atoms with Gasteiger partial charge in [0, 0.05) is 13.1 Å². The van der Waals surface area contributed by atoms with E-state index in [4.69, 9.17) is 4.74 Å². The van der Waals surface area contributed by atoms with E-state index < -0.39 is 0 Å². The summed E-state index contributed by atoms with van der Waals surface area (Å²) < 4.78 is 6.31. The van der Waals surface area contributed by atoms with Gasteiger partial charge in [0.2, 0.25) is 0 Å². The summed E-state index contributed by atoms with van der Waals surface area (Å²) in [4.78, 5) is 17.7. The zero-order valence-corrected chi connectivity index (χ0v) is 35.0.